The number of alkyl halides is 2. The lowest BCUT2D eigenvalue weighted by atomic mass is 10.0. The Morgan fingerprint density at radius 2 is 1.97 bits per heavy atom. The highest BCUT2D eigenvalue weighted by molar-refractivity contribution is 6.03. The summed E-state index contributed by atoms with van der Waals surface area (Å²) in [5.41, 5.74) is -1.41. The Balaban J connectivity index is 1.88. The largest absolute Gasteiger partial charge is 0.485 e. The SMILES string of the molecule is CC(C)(O)c1ccc(NC(=O)c2ccnn(-c3ccccc3OCC(F)F)c2=O)nc1. The minimum atomic E-state index is -2.69. The number of hydrogen-bond acceptors (Lipinski definition) is 6. The molecule has 0 unspecified atom stereocenters. The first kappa shape index (κ1) is 22.0. The highest BCUT2D eigenvalue weighted by atomic mass is 19.3. The van der Waals surface area contributed by atoms with Crippen LogP contribution in [0.25, 0.3) is 5.69 Å². The third-order valence-corrected chi connectivity index (χ3v) is 4.26. The van der Waals surface area contributed by atoms with E-state index in [4.69, 9.17) is 4.74 Å². The van der Waals surface area contributed by atoms with Gasteiger partial charge >= 0.3 is 0 Å². The average molecular weight is 430 g/mol. The van der Waals surface area contributed by atoms with Crippen molar-refractivity contribution in [3.8, 4) is 11.4 Å². The number of pyridine rings is 1. The number of nitrogens with zero attached hydrogens (tertiary/aromatic N) is 3. The molecule has 10 heteroatoms. The lowest BCUT2D eigenvalue weighted by Crippen LogP contribution is -2.30. The van der Waals surface area contributed by atoms with Crippen LogP contribution < -0.4 is 15.6 Å². The molecule has 0 saturated heterocycles. The number of amides is 1. The number of benzene rings is 1. The smallest absolute Gasteiger partial charge is 0.284 e. The topological polar surface area (TPSA) is 106 Å². The maximum Gasteiger partial charge on any atom is 0.284 e. The molecule has 3 aromatic rings. The number of aromatic nitrogens is 3. The summed E-state index contributed by atoms with van der Waals surface area (Å²) in [6.45, 7) is 2.35. The fraction of sp³-hybridized carbons (Fsp3) is 0.238. The molecule has 0 aliphatic heterocycles. The monoisotopic (exact) mass is 430 g/mol. The van der Waals surface area contributed by atoms with Gasteiger partial charge < -0.3 is 15.2 Å². The fourth-order valence-electron chi connectivity index (χ4n) is 2.68. The summed E-state index contributed by atoms with van der Waals surface area (Å²) in [4.78, 5) is 29.6. The Morgan fingerprint density at radius 3 is 2.61 bits per heavy atom. The number of rotatable bonds is 7. The molecule has 0 spiro atoms. The van der Waals surface area contributed by atoms with Gasteiger partial charge in [-0.25, -0.2) is 13.8 Å². The van der Waals surface area contributed by atoms with Crippen molar-refractivity contribution in [3.63, 3.8) is 0 Å². The van der Waals surface area contributed by atoms with Crippen LogP contribution in [0.3, 0.4) is 0 Å². The molecule has 2 aromatic heterocycles. The number of carbonyl (C=O) groups is 1. The highest BCUT2D eigenvalue weighted by Gasteiger charge is 2.19. The fourth-order valence-corrected chi connectivity index (χ4v) is 2.68. The Labute approximate surface area is 176 Å². The van der Waals surface area contributed by atoms with E-state index in [1.807, 2.05) is 0 Å². The minimum Gasteiger partial charge on any atom is -0.485 e. The lowest BCUT2D eigenvalue weighted by Gasteiger charge is -2.17. The first-order chi connectivity index (χ1) is 14.7. The van der Waals surface area contributed by atoms with Gasteiger partial charge in [0.25, 0.3) is 17.9 Å². The summed E-state index contributed by atoms with van der Waals surface area (Å²) in [5, 5.41) is 16.4. The van der Waals surface area contributed by atoms with Gasteiger partial charge in [-0.05, 0) is 38.1 Å². The van der Waals surface area contributed by atoms with Crippen LogP contribution in [0.15, 0.2) is 59.7 Å². The second-order valence-electron chi connectivity index (χ2n) is 7.08. The number of aliphatic hydroxyl groups is 1. The van der Waals surface area contributed by atoms with Crippen LogP contribution in [0, 0.1) is 0 Å². The van der Waals surface area contributed by atoms with E-state index in [1.54, 1.807) is 32.0 Å². The zero-order chi connectivity index (χ0) is 22.6. The number of para-hydroxylation sites is 2. The summed E-state index contributed by atoms with van der Waals surface area (Å²) in [5.74, 6) is -0.518. The van der Waals surface area contributed by atoms with Crippen LogP contribution in [-0.4, -0.2) is 38.8 Å². The van der Waals surface area contributed by atoms with E-state index in [0.717, 1.165) is 4.68 Å². The molecule has 3 rings (SSSR count). The highest BCUT2D eigenvalue weighted by Crippen LogP contribution is 2.22. The Kier molecular flexibility index (Phi) is 6.40. The molecule has 1 amide bonds. The van der Waals surface area contributed by atoms with Crippen molar-refractivity contribution in [2.45, 2.75) is 25.9 Å². The molecule has 0 atom stereocenters. The summed E-state index contributed by atoms with van der Waals surface area (Å²) < 4.78 is 31.0. The number of ether oxygens (including phenoxy) is 1. The van der Waals surface area contributed by atoms with E-state index < -0.39 is 30.1 Å². The Bertz CT molecular complexity index is 1130. The van der Waals surface area contributed by atoms with Crippen molar-refractivity contribution >= 4 is 11.7 Å². The van der Waals surface area contributed by atoms with E-state index in [9.17, 15) is 23.5 Å². The molecule has 0 aliphatic rings. The number of nitrogens with one attached hydrogen (secondary N) is 1. The Hall–Kier alpha value is -3.66. The second-order valence-corrected chi connectivity index (χ2v) is 7.08. The molecular weight excluding hydrogens is 410 g/mol. The third kappa shape index (κ3) is 5.28. The van der Waals surface area contributed by atoms with Gasteiger partial charge in [-0.2, -0.15) is 9.78 Å². The van der Waals surface area contributed by atoms with Crippen molar-refractivity contribution in [1.82, 2.24) is 14.8 Å². The van der Waals surface area contributed by atoms with E-state index in [0.29, 0.717) is 5.56 Å². The number of carbonyl (C=O) groups excluding carboxylic acids is 1. The molecule has 8 nitrogen and oxygen atoms in total. The maximum absolute atomic E-state index is 12.9. The van der Waals surface area contributed by atoms with Crippen molar-refractivity contribution in [1.29, 1.82) is 0 Å². The number of hydrogen-bond donors (Lipinski definition) is 2. The van der Waals surface area contributed by atoms with Crippen LogP contribution in [-0.2, 0) is 5.60 Å². The van der Waals surface area contributed by atoms with E-state index >= 15 is 0 Å². The van der Waals surface area contributed by atoms with E-state index in [-0.39, 0.29) is 22.8 Å². The molecule has 1 aromatic carbocycles. The predicted molar refractivity (Wildman–Crippen MR) is 109 cm³/mol. The molecule has 0 bridgehead atoms. The van der Waals surface area contributed by atoms with E-state index in [1.165, 1.54) is 36.7 Å². The molecule has 2 heterocycles. The maximum atomic E-state index is 12.9. The molecule has 0 aliphatic carbocycles. The first-order valence-corrected chi connectivity index (χ1v) is 9.26. The summed E-state index contributed by atoms with van der Waals surface area (Å²) in [6, 6.07) is 10.4. The van der Waals surface area contributed by atoms with Gasteiger partial charge in [0.1, 0.15) is 29.4 Å². The molecular formula is C21H20F2N4O4. The molecule has 0 radical (unpaired) electrons. The van der Waals surface area contributed by atoms with Crippen molar-refractivity contribution in [2.24, 2.45) is 0 Å². The quantitative estimate of drug-likeness (QED) is 0.597. The van der Waals surface area contributed by atoms with E-state index in [2.05, 4.69) is 15.4 Å². The van der Waals surface area contributed by atoms with Crippen LogP contribution in [0.4, 0.5) is 14.6 Å². The van der Waals surface area contributed by atoms with Crippen LogP contribution in [0.2, 0.25) is 0 Å². The minimum absolute atomic E-state index is 0.0267. The molecule has 0 saturated carbocycles. The van der Waals surface area contributed by atoms with Gasteiger partial charge in [0, 0.05) is 18.0 Å². The van der Waals surface area contributed by atoms with Gasteiger partial charge in [0.2, 0.25) is 0 Å². The predicted octanol–water partition coefficient (Wildman–Crippen LogP) is 2.75. The van der Waals surface area contributed by atoms with Gasteiger partial charge in [-0.1, -0.05) is 18.2 Å². The van der Waals surface area contributed by atoms with Crippen LogP contribution >= 0.6 is 0 Å². The normalized spacial score (nSPS) is 11.4. The average Bonchev–Trinajstić information content (AvgIpc) is 2.72. The van der Waals surface area contributed by atoms with Crippen LogP contribution in [0.5, 0.6) is 5.75 Å². The molecule has 2 N–H and O–H groups in total. The summed E-state index contributed by atoms with van der Waals surface area (Å²) >= 11 is 0. The summed E-state index contributed by atoms with van der Waals surface area (Å²) in [7, 11) is 0. The van der Waals surface area contributed by atoms with Crippen molar-refractivity contribution < 1.29 is 23.4 Å². The Morgan fingerprint density at radius 1 is 1.23 bits per heavy atom. The van der Waals surface area contributed by atoms with Crippen LogP contribution in [0.1, 0.15) is 29.8 Å². The molecule has 0 fully saturated rings. The van der Waals surface area contributed by atoms with Crippen molar-refractivity contribution in [3.05, 3.63) is 76.3 Å². The molecule has 31 heavy (non-hydrogen) atoms. The van der Waals surface area contributed by atoms with Gasteiger partial charge in [-0.3, -0.25) is 9.59 Å². The van der Waals surface area contributed by atoms with Gasteiger partial charge in [0.05, 0.1) is 5.60 Å². The second kappa shape index (κ2) is 9.00. The van der Waals surface area contributed by atoms with Gasteiger partial charge in [-0.15, -0.1) is 0 Å². The summed E-state index contributed by atoms with van der Waals surface area (Å²) in [6.07, 6.45) is -0.0349. The number of anilines is 1. The standard InChI is InChI=1S/C21H20F2N4O4/c1-21(2,30)13-7-8-18(24-11-13)26-19(28)14-9-10-25-27(20(14)29)15-5-3-4-6-16(15)31-12-17(22)23/h3-11,17,30H,12H2,1-2H3,(H,24,26,28). The van der Waals surface area contributed by atoms with Gasteiger partial charge in [0.15, 0.2) is 0 Å². The zero-order valence-corrected chi connectivity index (χ0v) is 16.8. The van der Waals surface area contributed by atoms with Crippen molar-refractivity contribution in [2.75, 3.05) is 11.9 Å². The number of halogens is 2. The molecule has 162 valence electrons. The zero-order valence-electron chi connectivity index (χ0n) is 16.8. The third-order valence-electron chi connectivity index (χ3n) is 4.26. The first-order valence-electron chi connectivity index (χ1n) is 9.26. The lowest BCUT2D eigenvalue weighted by molar-refractivity contribution is 0.0782.